The van der Waals surface area contributed by atoms with Crippen molar-refractivity contribution in [2.45, 2.75) is 59.3 Å². The van der Waals surface area contributed by atoms with Crippen LogP contribution in [0.15, 0.2) is 60.9 Å². The minimum absolute atomic E-state index is 0.189. The average molecular weight is 548 g/mol. The van der Waals surface area contributed by atoms with Gasteiger partial charge in [-0.2, -0.15) is 0 Å². The van der Waals surface area contributed by atoms with Crippen LogP contribution in [0.25, 0.3) is 11.1 Å². The molecule has 0 spiro atoms. The van der Waals surface area contributed by atoms with Crippen molar-refractivity contribution in [3.8, 4) is 11.1 Å². The molecule has 3 aromatic rings. The molecular weight excluding hydrogens is 510 g/mol. The zero-order valence-corrected chi connectivity index (χ0v) is 23.9. The van der Waals surface area contributed by atoms with Crippen molar-refractivity contribution in [2.24, 2.45) is 0 Å². The van der Waals surface area contributed by atoms with Crippen LogP contribution < -0.4 is 10.6 Å². The van der Waals surface area contributed by atoms with Gasteiger partial charge in [0.25, 0.3) is 0 Å². The number of ether oxygens (including phenoxy) is 2. The molecule has 0 aliphatic heterocycles. The van der Waals surface area contributed by atoms with E-state index in [0.29, 0.717) is 17.1 Å². The maximum Gasteiger partial charge on any atom is 0.410 e. The highest BCUT2D eigenvalue weighted by atomic mass is 16.6. The number of amides is 2. The van der Waals surface area contributed by atoms with E-state index in [1.807, 2.05) is 30.3 Å². The third-order valence-electron chi connectivity index (χ3n) is 5.27. The van der Waals surface area contributed by atoms with Crippen molar-refractivity contribution >= 4 is 30.0 Å². The second kappa shape index (κ2) is 13.1. The first-order valence-electron chi connectivity index (χ1n) is 13.0. The van der Waals surface area contributed by atoms with Gasteiger partial charge < -0.3 is 25.0 Å². The number of carbonyl (C=O) groups excluding carboxylic acids is 3. The van der Waals surface area contributed by atoms with Gasteiger partial charge in [-0.05, 0) is 77.4 Å². The first kappa shape index (κ1) is 30.1. The molecule has 40 heavy (non-hydrogen) atoms. The molecule has 0 atom stereocenters. The Bertz CT molecular complexity index is 1310. The number of nitrogens with zero attached hydrogens (tertiary/aromatic N) is 3. The third kappa shape index (κ3) is 10.0. The Morgan fingerprint density at radius 1 is 0.925 bits per heavy atom. The van der Waals surface area contributed by atoms with E-state index in [1.165, 1.54) is 4.90 Å². The Balaban J connectivity index is 1.69. The summed E-state index contributed by atoms with van der Waals surface area (Å²) in [6.45, 7) is 11.3. The topological polar surface area (TPSA) is 123 Å². The number of anilines is 2. The lowest BCUT2D eigenvalue weighted by molar-refractivity contribution is 0.0222. The summed E-state index contributed by atoms with van der Waals surface area (Å²) >= 11 is 0. The highest BCUT2D eigenvalue weighted by Gasteiger charge is 2.23. The van der Waals surface area contributed by atoms with Gasteiger partial charge >= 0.3 is 12.2 Å². The molecule has 10 nitrogen and oxygen atoms in total. The highest BCUT2D eigenvalue weighted by molar-refractivity contribution is 5.78. The second-order valence-corrected chi connectivity index (χ2v) is 11.2. The SMILES string of the molecule is CC(C)(C)OC(=O)NCCN(Cc1ccc(-c2ccnc(Nc3cccc(C=O)c3)c2)cn1)C(=O)OC(C)(C)C. The van der Waals surface area contributed by atoms with Crippen molar-refractivity contribution in [1.29, 1.82) is 0 Å². The summed E-state index contributed by atoms with van der Waals surface area (Å²) in [7, 11) is 0. The Morgan fingerprint density at radius 2 is 1.68 bits per heavy atom. The lowest BCUT2D eigenvalue weighted by atomic mass is 10.1. The summed E-state index contributed by atoms with van der Waals surface area (Å²) in [5.41, 5.74) is 2.46. The van der Waals surface area contributed by atoms with Crippen molar-refractivity contribution in [1.82, 2.24) is 20.2 Å². The fourth-order valence-corrected chi connectivity index (χ4v) is 3.57. The fourth-order valence-electron chi connectivity index (χ4n) is 3.57. The fraction of sp³-hybridized carbons (Fsp3) is 0.367. The van der Waals surface area contributed by atoms with E-state index < -0.39 is 23.4 Å². The van der Waals surface area contributed by atoms with E-state index in [4.69, 9.17) is 9.47 Å². The molecule has 0 bridgehead atoms. The van der Waals surface area contributed by atoms with Gasteiger partial charge in [-0.1, -0.05) is 18.2 Å². The van der Waals surface area contributed by atoms with Crippen LogP contribution in [0.5, 0.6) is 0 Å². The Hall–Kier alpha value is -4.47. The summed E-state index contributed by atoms with van der Waals surface area (Å²) < 4.78 is 10.8. The Labute approximate surface area is 235 Å². The van der Waals surface area contributed by atoms with Crippen LogP contribution >= 0.6 is 0 Å². The van der Waals surface area contributed by atoms with Crippen LogP contribution in [0.4, 0.5) is 21.1 Å². The van der Waals surface area contributed by atoms with E-state index in [-0.39, 0.29) is 19.6 Å². The molecule has 2 amide bonds. The molecule has 0 saturated heterocycles. The number of aromatic nitrogens is 2. The van der Waals surface area contributed by atoms with Gasteiger partial charge in [-0.25, -0.2) is 14.6 Å². The van der Waals surface area contributed by atoms with E-state index in [9.17, 15) is 14.4 Å². The van der Waals surface area contributed by atoms with Gasteiger partial charge in [0, 0.05) is 42.3 Å². The zero-order chi connectivity index (χ0) is 29.3. The molecule has 0 radical (unpaired) electrons. The molecule has 0 saturated carbocycles. The number of rotatable bonds is 9. The van der Waals surface area contributed by atoms with Gasteiger partial charge in [-0.15, -0.1) is 0 Å². The van der Waals surface area contributed by atoms with Gasteiger partial charge in [0.1, 0.15) is 23.3 Å². The van der Waals surface area contributed by atoms with Crippen LogP contribution in [0.3, 0.4) is 0 Å². The summed E-state index contributed by atoms with van der Waals surface area (Å²) in [6.07, 6.45) is 3.16. The predicted octanol–water partition coefficient (Wildman–Crippen LogP) is 5.96. The first-order chi connectivity index (χ1) is 18.8. The van der Waals surface area contributed by atoms with Gasteiger partial charge in [0.15, 0.2) is 0 Å². The summed E-state index contributed by atoms with van der Waals surface area (Å²) in [4.78, 5) is 46.4. The molecular formula is C30H37N5O5. The first-order valence-corrected chi connectivity index (χ1v) is 13.0. The number of alkyl carbamates (subject to hydrolysis) is 1. The minimum Gasteiger partial charge on any atom is -0.444 e. The number of aldehydes is 1. The summed E-state index contributed by atoms with van der Waals surface area (Å²) in [6, 6.07) is 14.7. The number of benzene rings is 1. The molecule has 1 aromatic carbocycles. The monoisotopic (exact) mass is 547 g/mol. The molecule has 2 N–H and O–H groups in total. The maximum absolute atomic E-state index is 12.9. The van der Waals surface area contributed by atoms with Crippen molar-refractivity contribution in [3.63, 3.8) is 0 Å². The summed E-state index contributed by atoms with van der Waals surface area (Å²) in [5, 5.41) is 5.88. The molecule has 2 aromatic heterocycles. The van der Waals surface area contributed by atoms with Crippen molar-refractivity contribution in [3.05, 3.63) is 72.2 Å². The number of hydrogen-bond acceptors (Lipinski definition) is 8. The number of nitrogens with one attached hydrogen (secondary N) is 2. The zero-order valence-electron chi connectivity index (χ0n) is 23.9. The second-order valence-electron chi connectivity index (χ2n) is 11.2. The number of carbonyl (C=O) groups is 3. The smallest absolute Gasteiger partial charge is 0.410 e. The standard InChI is InChI=1S/C30H37N5O5/c1-29(2,3)39-27(37)32-14-15-35(28(38)40-30(4,5)6)19-25-11-10-23(18-33-25)22-12-13-31-26(17-22)34-24-9-7-8-21(16-24)20-36/h7-13,16-18,20H,14-15,19H2,1-6H3,(H,31,34)(H,32,37). The average Bonchev–Trinajstić information content (AvgIpc) is 2.87. The highest BCUT2D eigenvalue weighted by Crippen LogP contribution is 2.23. The van der Waals surface area contributed by atoms with E-state index in [0.717, 1.165) is 23.1 Å². The molecule has 212 valence electrons. The molecule has 10 heteroatoms. The third-order valence-corrected chi connectivity index (χ3v) is 5.27. The van der Waals surface area contributed by atoms with E-state index in [1.54, 1.807) is 72.1 Å². The molecule has 0 fully saturated rings. The molecule has 2 heterocycles. The van der Waals surface area contributed by atoms with Crippen LogP contribution in [-0.4, -0.2) is 57.6 Å². The van der Waals surface area contributed by atoms with Gasteiger partial charge in [0.05, 0.1) is 12.2 Å². The van der Waals surface area contributed by atoms with Gasteiger partial charge in [-0.3, -0.25) is 9.78 Å². The van der Waals surface area contributed by atoms with E-state index in [2.05, 4.69) is 20.6 Å². The van der Waals surface area contributed by atoms with Crippen molar-refractivity contribution < 1.29 is 23.9 Å². The predicted molar refractivity (Wildman–Crippen MR) is 153 cm³/mol. The lowest BCUT2D eigenvalue weighted by Gasteiger charge is -2.27. The minimum atomic E-state index is -0.674. The van der Waals surface area contributed by atoms with Crippen molar-refractivity contribution in [2.75, 3.05) is 18.4 Å². The van der Waals surface area contributed by atoms with Crippen LogP contribution in [0.2, 0.25) is 0 Å². The van der Waals surface area contributed by atoms with Gasteiger partial charge in [0.2, 0.25) is 0 Å². The van der Waals surface area contributed by atoms with Crippen LogP contribution in [0, 0.1) is 0 Å². The van der Waals surface area contributed by atoms with Crippen LogP contribution in [0.1, 0.15) is 57.6 Å². The molecule has 0 aliphatic rings. The summed E-state index contributed by atoms with van der Waals surface area (Å²) in [5.74, 6) is 0.623. The lowest BCUT2D eigenvalue weighted by Crippen LogP contribution is -2.42. The molecule has 0 unspecified atom stereocenters. The molecule has 3 rings (SSSR count). The maximum atomic E-state index is 12.9. The number of pyridine rings is 2. The number of hydrogen-bond donors (Lipinski definition) is 2. The normalized spacial score (nSPS) is 11.3. The quantitative estimate of drug-likeness (QED) is 0.315. The Morgan fingerprint density at radius 3 is 2.33 bits per heavy atom. The van der Waals surface area contributed by atoms with E-state index >= 15 is 0 Å². The molecule has 0 aliphatic carbocycles. The Kier molecular flexibility index (Phi) is 9.82. The van der Waals surface area contributed by atoms with Crippen LogP contribution in [-0.2, 0) is 16.0 Å². The largest absolute Gasteiger partial charge is 0.444 e.